The van der Waals surface area contributed by atoms with Gasteiger partial charge in [0.05, 0.1) is 14.6 Å². The van der Waals surface area contributed by atoms with Crippen molar-refractivity contribution in [2.45, 2.75) is 38.5 Å². The minimum Gasteiger partial charge on any atom is -0.302 e. The van der Waals surface area contributed by atoms with Crippen molar-refractivity contribution in [1.82, 2.24) is 14.2 Å². The molecular formula is C25H33ClN4O3S2. The molecule has 0 aliphatic carbocycles. The number of thiazole rings is 1. The smallest absolute Gasteiger partial charge is 0.260 e. The Morgan fingerprint density at radius 1 is 1.00 bits per heavy atom. The minimum atomic E-state index is -3.60. The van der Waals surface area contributed by atoms with Gasteiger partial charge in [-0.15, -0.1) is 0 Å². The zero-order valence-electron chi connectivity index (χ0n) is 20.7. The molecule has 0 radical (unpaired) electrons. The minimum absolute atomic E-state index is 0.175. The van der Waals surface area contributed by atoms with E-state index in [1.165, 1.54) is 27.8 Å². The molecule has 0 saturated heterocycles. The fourth-order valence-corrected chi connectivity index (χ4v) is 6.19. The van der Waals surface area contributed by atoms with Gasteiger partial charge in [-0.05, 0) is 55.9 Å². The third-order valence-corrected chi connectivity index (χ3v) is 9.22. The lowest BCUT2D eigenvalue weighted by Gasteiger charge is -2.25. The number of sulfonamides is 1. The molecule has 0 aliphatic heterocycles. The maximum Gasteiger partial charge on any atom is 0.260 e. The van der Waals surface area contributed by atoms with Crippen molar-refractivity contribution in [3.63, 3.8) is 0 Å². The fourth-order valence-electron chi connectivity index (χ4n) is 3.69. The molecule has 190 valence electrons. The van der Waals surface area contributed by atoms with Crippen molar-refractivity contribution in [2.24, 2.45) is 0 Å². The van der Waals surface area contributed by atoms with Gasteiger partial charge in [-0.25, -0.2) is 17.7 Å². The van der Waals surface area contributed by atoms with Crippen LogP contribution in [0.3, 0.4) is 0 Å². The average Bonchev–Trinajstić information content (AvgIpc) is 3.30. The lowest BCUT2D eigenvalue weighted by Crippen LogP contribution is -2.38. The average molecular weight is 537 g/mol. The molecular weight excluding hydrogens is 504 g/mol. The quantitative estimate of drug-likeness (QED) is 0.311. The highest BCUT2D eigenvalue weighted by atomic mass is 35.5. The van der Waals surface area contributed by atoms with E-state index in [4.69, 9.17) is 11.6 Å². The summed E-state index contributed by atoms with van der Waals surface area (Å²) in [5.74, 6) is -0.226. The molecule has 1 heterocycles. The molecule has 1 amide bonds. The summed E-state index contributed by atoms with van der Waals surface area (Å²) in [6.07, 6.45) is 1.70. The molecule has 0 unspecified atom stereocenters. The summed E-state index contributed by atoms with van der Waals surface area (Å²) >= 11 is 7.75. The molecule has 2 aromatic carbocycles. The summed E-state index contributed by atoms with van der Waals surface area (Å²) < 4.78 is 28.0. The van der Waals surface area contributed by atoms with E-state index in [-0.39, 0.29) is 10.8 Å². The van der Waals surface area contributed by atoms with Gasteiger partial charge in [-0.1, -0.05) is 56.2 Å². The van der Waals surface area contributed by atoms with E-state index in [1.807, 2.05) is 19.1 Å². The Hall–Kier alpha value is -2.04. The van der Waals surface area contributed by atoms with E-state index in [0.29, 0.717) is 40.9 Å². The Balaban J connectivity index is 1.91. The number of carbonyl (C=O) groups is 1. The Labute approximate surface area is 217 Å². The van der Waals surface area contributed by atoms with Crippen LogP contribution in [0.25, 0.3) is 10.2 Å². The number of hydrogen-bond acceptors (Lipinski definition) is 6. The Morgan fingerprint density at radius 3 is 2.29 bits per heavy atom. The maximum absolute atomic E-state index is 13.6. The number of nitrogens with zero attached hydrogens (tertiary/aromatic N) is 4. The lowest BCUT2D eigenvalue weighted by molar-refractivity contribution is 0.0983. The fraction of sp³-hybridized carbons (Fsp3) is 0.440. The maximum atomic E-state index is 13.6. The number of likely N-dealkylation sites (N-methyl/N-ethyl adjacent to an activating group) is 1. The number of amides is 1. The number of carbonyl (C=O) groups excluding carboxylic acids is 1. The van der Waals surface area contributed by atoms with Gasteiger partial charge in [-0.3, -0.25) is 9.69 Å². The summed E-state index contributed by atoms with van der Waals surface area (Å²) in [7, 11) is -2.02. The number of hydrogen-bond donors (Lipinski definition) is 0. The summed E-state index contributed by atoms with van der Waals surface area (Å²) in [6, 6.07) is 11.7. The molecule has 0 saturated carbocycles. The first-order valence-corrected chi connectivity index (χ1v) is 14.5. The third-order valence-electron chi connectivity index (χ3n) is 6.00. The number of rotatable bonds is 12. The van der Waals surface area contributed by atoms with Crippen molar-refractivity contribution in [1.29, 1.82) is 0 Å². The van der Waals surface area contributed by atoms with E-state index in [0.717, 1.165) is 30.6 Å². The second-order valence-electron chi connectivity index (χ2n) is 8.27. The summed E-state index contributed by atoms with van der Waals surface area (Å²) in [4.78, 5) is 22.4. The summed E-state index contributed by atoms with van der Waals surface area (Å²) in [5.41, 5.74) is 1.08. The van der Waals surface area contributed by atoms with E-state index >= 15 is 0 Å². The van der Waals surface area contributed by atoms with E-state index in [9.17, 15) is 13.2 Å². The Bertz CT molecular complexity index is 1240. The van der Waals surface area contributed by atoms with Crippen LogP contribution in [0.2, 0.25) is 5.02 Å². The lowest BCUT2D eigenvalue weighted by atomic mass is 10.2. The van der Waals surface area contributed by atoms with Gasteiger partial charge in [0.25, 0.3) is 5.91 Å². The first-order valence-electron chi connectivity index (χ1n) is 11.9. The van der Waals surface area contributed by atoms with Crippen molar-refractivity contribution in [2.75, 3.05) is 44.7 Å². The van der Waals surface area contributed by atoms with E-state index in [2.05, 4.69) is 23.7 Å². The van der Waals surface area contributed by atoms with Crippen LogP contribution < -0.4 is 4.90 Å². The number of benzene rings is 2. The number of para-hydroxylation sites is 1. The number of aromatic nitrogens is 1. The van der Waals surface area contributed by atoms with Gasteiger partial charge in [0.2, 0.25) is 10.0 Å². The molecule has 0 atom stereocenters. The standard InChI is InChI=1S/C25H33ClN4O3S2/c1-5-8-16-28(4)35(32,33)20-14-12-19(13-15-20)24(31)30(18-17-29(6-2)7-3)25-27-23-21(26)10-9-11-22(23)34-25/h9-15H,5-8,16-18H2,1-4H3. The SMILES string of the molecule is CCCCN(C)S(=O)(=O)c1ccc(C(=O)N(CCN(CC)CC)c2nc3c(Cl)cccc3s2)cc1. The number of halogens is 1. The van der Waals surface area contributed by atoms with Crippen LogP contribution in [0.1, 0.15) is 44.0 Å². The molecule has 0 fully saturated rings. The zero-order valence-corrected chi connectivity index (χ0v) is 23.1. The van der Waals surface area contributed by atoms with Gasteiger partial charge < -0.3 is 4.90 Å². The predicted octanol–water partition coefficient (Wildman–Crippen LogP) is 5.36. The molecule has 1 aromatic heterocycles. The van der Waals surface area contributed by atoms with Gasteiger partial charge in [-0.2, -0.15) is 0 Å². The molecule has 3 rings (SSSR count). The first kappa shape index (κ1) is 27.5. The van der Waals surface area contributed by atoms with Gasteiger partial charge in [0.1, 0.15) is 5.52 Å². The highest BCUT2D eigenvalue weighted by molar-refractivity contribution is 7.89. The van der Waals surface area contributed by atoms with Crippen molar-refractivity contribution in [3.8, 4) is 0 Å². The normalized spacial score (nSPS) is 12.1. The van der Waals surface area contributed by atoms with Crippen molar-refractivity contribution >= 4 is 54.2 Å². The highest BCUT2D eigenvalue weighted by Gasteiger charge is 2.24. The van der Waals surface area contributed by atoms with Crippen LogP contribution in [-0.4, -0.2) is 68.3 Å². The topological polar surface area (TPSA) is 73.8 Å². The third kappa shape index (κ3) is 6.40. The molecule has 0 aliphatic rings. The Kier molecular flexibility index (Phi) is 9.66. The van der Waals surface area contributed by atoms with Crippen LogP contribution >= 0.6 is 22.9 Å². The van der Waals surface area contributed by atoms with Crippen LogP contribution in [0.15, 0.2) is 47.4 Å². The molecule has 7 nitrogen and oxygen atoms in total. The zero-order chi connectivity index (χ0) is 25.6. The Morgan fingerprint density at radius 2 is 1.69 bits per heavy atom. The van der Waals surface area contributed by atoms with Crippen molar-refractivity contribution < 1.29 is 13.2 Å². The van der Waals surface area contributed by atoms with Crippen LogP contribution in [0.4, 0.5) is 5.13 Å². The predicted molar refractivity (Wildman–Crippen MR) is 145 cm³/mol. The van der Waals surface area contributed by atoms with Gasteiger partial charge >= 0.3 is 0 Å². The molecule has 0 bridgehead atoms. The van der Waals surface area contributed by atoms with Gasteiger partial charge in [0, 0.05) is 32.2 Å². The monoisotopic (exact) mass is 536 g/mol. The van der Waals surface area contributed by atoms with Crippen LogP contribution in [0, 0.1) is 0 Å². The molecule has 0 N–H and O–H groups in total. The first-order chi connectivity index (χ1) is 16.7. The second kappa shape index (κ2) is 12.3. The van der Waals surface area contributed by atoms with E-state index in [1.54, 1.807) is 30.1 Å². The van der Waals surface area contributed by atoms with Crippen LogP contribution in [-0.2, 0) is 10.0 Å². The van der Waals surface area contributed by atoms with E-state index < -0.39 is 10.0 Å². The second-order valence-corrected chi connectivity index (χ2v) is 11.7. The molecule has 0 spiro atoms. The number of unbranched alkanes of at least 4 members (excludes halogenated alkanes) is 1. The van der Waals surface area contributed by atoms with Crippen molar-refractivity contribution in [3.05, 3.63) is 53.1 Å². The highest BCUT2D eigenvalue weighted by Crippen LogP contribution is 2.33. The van der Waals surface area contributed by atoms with Gasteiger partial charge in [0.15, 0.2) is 5.13 Å². The molecule has 3 aromatic rings. The summed E-state index contributed by atoms with van der Waals surface area (Å²) in [5, 5.41) is 1.11. The molecule has 35 heavy (non-hydrogen) atoms. The number of anilines is 1. The largest absolute Gasteiger partial charge is 0.302 e. The summed E-state index contributed by atoms with van der Waals surface area (Å²) in [6.45, 7) is 9.55. The number of fused-ring (bicyclic) bond motifs is 1. The molecule has 10 heteroatoms. The van der Waals surface area contributed by atoms with Crippen LogP contribution in [0.5, 0.6) is 0 Å².